The van der Waals surface area contributed by atoms with Gasteiger partial charge in [0.2, 0.25) is 0 Å². The van der Waals surface area contributed by atoms with Gasteiger partial charge in [-0.2, -0.15) is 0 Å². The fraction of sp³-hybridized carbons (Fsp3) is 0.529. The Bertz CT molecular complexity index is 553. The highest BCUT2D eigenvalue weighted by atomic mass is 17.2. The molecule has 1 aromatic rings. The van der Waals surface area contributed by atoms with Crippen LogP contribution in [0.5, 0.6) is 0 Å². The zero-order chi connectivity index (χ0) is 13.8. The lowest BCUT2D eigenvalue weighted by atomic mass is 9.66. The van der Waals surface area contributed by atoms with Gasteiger partial charge in [0.05, 0.1) is 5.60 Å². The minimum atomic E-state index is -0.270. The van der Waals surface area contributed by atoms with Gasteiger partial charge in [-0.3, -0.25) is 0 Å². The molecule has 0 radical (unpaired) electrons. The highest BCUT2D eigenvalue weighted by Gasteiger charge is 2.59. The van der Waals surface area contributed by atoms with Crippen LogP contribution >= 0.6 is 0 Å². The molecular formula is C17H20O3. The summed E-state index contributed by atoms with van der Waals surface area (Å²) >= 11 is 0. The second kappa shape index (κ2) is 4.17. The maximum atomic E-state index is 5.82. The molecule has 1 aromatic carbocycles. The van der Waals surface area contributed by atoms with E-state index in [1.54, 1.807) is 7.11 Å². The molecule has 20 heavy (non-hydrogen) atoms. The Morgan fingerprint density at radius 2 is 2.00 bits per heavy atom. The highest BCUT2D eigenvalue weighted by molar-refractivity contribution is 5.42. The van der Waals surface area contributed by atoms with E-state index in [-0.39, 0.29) is 17.3 Å². The highest BCUT2D eigenvalue weighted by Crippen LogP contribution is 2.58. The van der Waals surface area contributed by atoms with Crippen molar-refractivity contribution in [3.63, 3.8) is 0 Å². The second-order valence-corrected chi connectivity index (χ2v) is 6.54. The largest absolute Gasteiger partial charge is 0.378 e. The molecule has 0 N–H and O–H groups in total. The lowest BCUT2D eigenvalue weighted by Gasteiger charge is -2.46. The van der Waals surface area contributed by atoms with Gasteiger partial charge in [-0.15, -0.1) is 0 Å². The summed E-state index contributed by atoms with van der Waals surface area (Å²) in [5.74, 6) is 0.365. The van der Waals surface area contributed by atoms with Crippen molar-refractivity contribution < 1.29 is 14.5 Å². The average Bonchev–Trinajstić information content (AvgIpc) is 3.03. The molecule has 0 unspecified atom stereocenters. The molecule has 2 aliphatic carbocycles. The Morgan fingerprint density at radius 1 is 1.20 bits per heavy atom. The monoisotopic (exact) mass is 272 g/mol. The number of fused-ring (bicyclic) bond motifs is 1. The van der Waals surface area contributed by atoms with E-state index in [4.69, 9.17) is 14.5 Å². The molecular weight excluding hydrogens is 252 g/mol. The Kier molecular flexibility index (Phi) is 2.62. The molecule has 3 aliphatic rings. The topological polar surface area (TPSA) is 27.7 Å². The van der Waals surface area contributed by atoms with E-state index < -0.39 is 0 Å². The SMILES string of the molecule is CO[C@]1(C)C[C@@H](c2ccccc2)C2=C[C@@H]3C[C@@]2(C1)OO3. The van der Waals surface area contributed by atoms with E-state index in [2.05, 4.69) is 43.3 Å². The first-order valence-corrected chi connectivity index (χ1v) is 7.31. The molecule has 1 heterocycles. The van der Waals surface area contributed by atoms with Crippen LogP contribution < -0.4 is 0 Å². The van der Waals surface area contributed by atoms with Crippen LogP contribution in [0.4, 0.5) is 0 Å². The number of ether oxygens (including phenoxy) is 1. The third-order valence-electron chi connectivity index (χ3n) is 5.12. The van der Waals surface area contributed by atoms with Gasteiger partial charge in [-0.25, -0.2) is 9.78 Å². The lowest BCUT2D eigenvalue weighted by molar-refractivity contribution is -0.329. The van der Waals surface area contributed by atoms with Gasteiger partial charge >= 0.3 is 0 Å². The van der Waals surface area contributed by atoms with Gasteiger partial charge in [0.25, 0.3) is 0 Å². The van der Waals surface area contributed by atoms with E-state index in [0.29, 0.717) is 5.92 Å². The Morgan fingerprint density at radius 3 is 2.70 bits per heavy atom. The zero-order valence-corrected chi connectivity index (χ0v) is 12.0. The lowest BCUT2D eigenvalue weighted by Crippen LogP contribution is -2.48. The van der Waals surface area contributed by atoms with Crippen molar-refractivity contribution >= 4 is 0 Å². The first-order valence-electron chi connectivity index (χ1n) is 7.31. The van der Waals surface area contributed by atoms with Crippen molar-refractivity contribution in [2.24, 2.45) is 0 Å². The number of benzene rings is 1. The molecule has 2 bridgehead atoms. The molecule has 0 amide bonds. The fourth-order valence-corrected chi connectivity index (χ4v) is 4.15. The smallest absolute Gasteiger partial charge is 0.131 e. The molecule has 4 atom stereocenters. The van der Waals surface area contributed by atoms with Crippen LogP contribution in [0.3, 0.4) is 0 Å². The van der Waals surface area contributed by atoms with Crippen molar-refractivity contribution in [2.75, 3.05) is 7.11 Å². The minimum absolute atomic E-state index is 0.121. The van der Waals surface area contributed by atoms with Crippen molar-refractivity contribution in [1.29, 1.82) is 0 Å². The van der Waals surface area contributed by atoms with Crippen LogP contribution in [-0.4, -0.2) is 24.4 Å². The Hall–Kier alpha value is -1.16. The van der Waals surface area contributed by atoms with Gasteiger partial charge < -0.3 is 4.74 Å². The normalized spacial score (nSPS) is 42.4. The zero-order valence-electron chi connectivity index (χ0n) is 12.0. The Labute approximate surface area is 119 Å². The van der Waals surface area contributed by atoms with Gasteiger partial charge in [0.15, 0.2) is 0 Å². The predicted molar refractivity (Wildman–Crippen MR) is 75.2 cm³/mol. The van der Waals surface area contributed by atoms with Crippen molar-refractivity contribution in [3.05, 3.63) is 47.5 Å². The van der Waals surface area contributed by atoms with E-state index in [0.717, 1.165) is 19.3 Å². The average molecular weight is 272 g/mol. The van der Waals surface area contributed by atoms with E-state index in [9.17, 15) is 0 Å². The summed E-state index contributed by atoms with van der Waals surface area (Å²) in [5, 5.41) is 0. The maximum absolute atomic E-state index is 5.82. The van der Waals surface area contributed by atoms with E-state index >= 15 is 0 Å². The van der Waals surface area contributed by atoms with Gasteiger partial charge in [-0.1, -0.05) is 30.3 Å². The molecule has 3 heteroatoms. The molecule has 3 nitrogen and oxygen atoms in total. The van der Waals surface area contributed by atoms with E-state index in [1.165, 1.54) is 11.1 Å². The van der Waals surface area contributed by atoms with Crippen LogP contribution in [0.15, 0.2) is 42.0 Å². The van der Waals surface area contributed by atoms with Crippen LogP contribution in [0, 0.1) is 0 Å². The maximum Gasteiger partial charge on any atom is 0.131 e. The van der Waals surface area contributed by atoms with E-state index in [1.807, 2.05) is 0 Å². The first-order chi connectivity index (χ1) is 9.64. The summed E-state index contributed by atoms with van der Waals surface area (Å²) < 4.78 is 5.82. The minimum Gasteiger partial charge on any atom is -0.378 e. The molecule has 4 rings (SSSR count). The third kappa shape index (κ3) is 1.70. The number of rotatable bonds is 2. The third-order valence-corrected chi connectivity index (χ3v) is 5.12. The van der Waals surface area contributed by atoms with Crippen LogP contribution in [0.2, 0.25) is 0 Å². The Balaban J connectivity index is 1.79. The predicted octanol–water partition coefficient (Wildman–Crippen LogP) is 3.37. The molecule has 0 aromatic heterocycles. The van der Waals surface area contributed by atoms with Crippen LogP contribution in [-0.2, 0) is 14.5 Å². The number of methoxy groups -OCH3 is 1. The van der Waals surface area contributed by atoms with Gasteiger partial charge in [0.1, 0.15) is 11.7 Å². The van der Waals surface area contributed by atoms with Crippen molar-refractivity contribution in [3.8, 4) is 0 Å². The van der Waals surface area contributed by atoms with Gasteiger partial charge in [-0.05, 0) is 30.6 Å². The molecule has 1 aliphatic heterocycles. The summed E-state index contributed by atoms with van der Waals surface area (Å²) in [4.78, 5) is 11.1. The number of hydrogen-bond acceptors (Lipinski definition) is 3. The number of hydrogen-bond donors (Lipinski definition) is 0. The summed E-state index contributed by atoms with van der Waals surface area (Å²) in [6.07, 6.45) is 5.20. The fourth-order valence-electron chi connectivity index (χ4n) is 4.15. The van der Waals surface area contributed by atoms with Crippen LogP contribution in [0.25, 0.3) is 0 Å². The molecule has 1 saturated carbocycles. The summed E-state index contributed by atoms with van der Waals surface area (Å²) in [6.45, 7) is 2.18. The van der Waals surface area contributed by atoms with Crippen LogP contribution in [0.1, 0.15) is 37.7 Å². The quantitative estimate of drug-likeness (QED) is 0.610. The molecule has 1 spiro atoms. The van der Waals surface area contributed by atoms with Crippen molar-refractivity contribution in [1.82, 2.24) is 0 Å². The first kappa shape index (κ1) is 12.6. The summed E-state index contributed by atoms with van der Waals surface area (Å²) in [5.41, 5.74) is 2.31. The molecule has 1 saturated heterocycles. The second-order valence-electron chi connectivity index (χ2n) is 6.54. The summed E-state index contributed by atoms with van der Waals surface area (Å²) in [7, 11) is 1.80. The van der Waals surface area contributed by atoms with Crippen molar-refractivity contribution in [2.45, 2.75) is 49.4 Å². The van der Waals surface area contributed by atoms with Gasteiger partial charge in [0, 0.05) is 25.9 Å². The standard InChI is InChI=1S/C17H20O3/c1-16(18-2)10-14(12-6-4-3-5-7-12)15-8-13-9-17(15,11-16)20-19-13/h3-8,13-14H,9-11H2,1-2H3/t13-,14+,16-,17+/m1/s1. The summed E-state index contributed by atoms with van der Waals surface area (Å²) in [6, 6.07) is 10.7. The molecule has 106 valence electrons. The molecule has 2 fully saturated rings.